The average Bonchev–Trinajstić information content (AvgIpc) is 1.97. The minimum Gasteiger partial charge on any atom is -0.317 e. The minimum absolute atomic E-state index is 0.630. The Kier molecular flexibility index (Phi) is 6.09. The summed E-state index contributed by atoms with van der Waals surface area (Å²) in [5.41, 5.74) is 1.28. The molecule has 1 unspecified atom stereocenters. The third kappa shape index (κ3) is 6.41. The van der Waals surface area contributed by atoms with E-state index >= 15 is 0 Å². The van der Waals surface area contributed by atoms with Crippen LogP contribution in [0.3, 0.4) is 0 Å². The third-order valence-corrected chi connectivity index (χ3v) is 2.10. The summed E-state index contributed by atoms with van der Waals surface area (Å²) in [4.78, 5) is 0. The van der Waals surface area contributed by atoms with Gasteiger partial charge >= 0.3 is 0 Å². The number of hydrogen-bond donors (Lipinski definition) is 1. The van der Waals surface area contributed by atoms with E-state index in [0.717, 1.165) is 12.3 Å². The Morgan fingerprint density at radius 2 is 1.92 bits per heavy atom. The SMILES string of the molecule is C=C(C)CC(CCC(C)C)NC. The molecule has 0 aromatic carbocycles. The van der Waals surface area contributed by atoms with Crippen LogP contribution < -0.4 is 5.32 Å². The molecule has 0 spiro atoms. The maximum Gasteiger partial charge on any atom is 0.0101 e. The Morgan fingerprint density at radius 1 is 1.33 bits per heavy atom. The Bertz CT molecular complexity index is 127. The maximum atomic E-state index is 3.93. The molecule has 0 saturated heterocycles. The molecule has 1 atom stereocenters. The molecule has 0 heterocycles. The van der Waals surface area contributed by atoms with E-state index in [1.807, 2.05) is 7.05 Å². The van der Waals surface area contributed by atoms with Crippen molar-refractivity contribution in [2.45, 2.75) is 46.1 Å². The van der Waals surface area contributed by atoms with Crippen molar-refractivity contribution in [1.82, 2.24) is 5.32 Å². The fraction of sp³-hybridized carbons (Fsp3) is 0.818. The molecule has 0 aliphatic carbocycles. The van der Waals surface area contributed by atoms with E-state index in [2.05, 4.69) is 32.7 Å². The predicted molar refractivity (Wildman–Crippen MR) is 56.4 cm³/mol. The third-order valence-electron chi connectivity index (χ3n) is 2.10. The van der Waals surface area contributed by atoms with Crippen LogP contribution in [-0.4, -0.2) is 13.1 Å². The van der Waals surface area contributed by atoms with Crippen LogP contribution in [0.25, 0.3) is 0 Å². The molecule has 0 aromatic rings. The van der Waals surface area contributed by atoms with Gasteiger partial charge in [0.15, 0.2) is 0 Å². The van der Waals surface area contributed by atoms with Gasteiger partial charge in [0.1, 0.15) is 0 Å². The van der Waals surface area contributed by atoms with E-state index in [-0.39, 0.29) is 0 Å². The van der Waals surface area contributed by atoms with Gasteiger partial charge in [-0.1, -0.05) is 19.4 Å². The van der Waals surface area contributed by atoms with Gasteiger partial charge in [0, 0.05) is 6.04 Å². The van der Waals surface area contributed by atoms with Gasteiger partial charge in [-0.15, -0.1) is 6.58 Å². The van der Waals surface area contributed by atoms with Crippen molar-refractivity contribution in [3.63, 3.8) is 0 Å². The first-order valence-corrected chi connectivity index (χ1v) is 4.88. The second-order valence-corrected chi connectivity index (χ2v) is 4.12. The molecule has 0 aliphatic rings. The molecule has 0 radical (unpaired) electrons. The summed E-state index contributed by atoms with van der Waals surface area (Å²) < 4.78 is 0. The lowest BCUT2D eigenvalue weighted by Gasteiger charge is -2.16. The summed E-state index contributed by atoms with van der Waals surface area (Å²) in [6, 6.07) is 0.630. The summed E-state index contributed by atoms with van der Waals surface area (Å²) in [6.45, 7) is 10.6. The highest BCUT2D eigenvalue weighted by molar-refractivity contribution is 4.92. The van der Waals surface area contributed by atoms with Gasteiger partial charge in [0.25, 0.3) is 0 Å². The molecule has 0 bridgehead atoms. The summed E-state index contributed by atoms with van der Waals surface area (Å²) in [6.07, 6.45) is 3.68. The standard InChI is InChI=1S/C11H23N/c1-9(2)6-7-11(12-5)8-10(3)4/h9,11-12H,3,6-8H2,1-2,4-5H3. The smallest absolute Gasteiger partial charge is 0.0101 e. The largest absolute Gasteiger partial charge is 0.317 e. The Hall–Kier alpha value is -0.300. The van der Waals surface area contributed by atoms with Crippen molar-refractivity contribution in [1.29, 1.82) is 0 Å². The van der Waals surface area contributed by atoms with Crippen LogP contribution in [0, 0.1) is 5.92 Å². The molecule has 0 aliphatic heterocycles. The zero-order valence-electron chi connectivity index (χ0n) is 8.98. The lowest BCUT2D eigenvalue weighted by atomic mass is 9.99. The number of rotatable bonds is 6. The zero-order valence-corrected chi connectivity index (χ0v) is 8.98. The zero-order chi connectivity index (χ0) is 9.56. The van der Waals surface area contributed by atoms with E-state index in [1.165, 1.54) is 18.4 Å². The number of hydrogen-bond acceptors (Lipinski definition) is 1. The van der Waals surface area contributed by atoms with Crippen LogP contribution in [0.15, 0.2) is 12.2 Å². The maximum absolute atomic E-state index is 3.93. The van der Waals surface area contributed by atoms with Crippen molar-refractivity contribution >= 4 is 0 Å². The van der Waals surface area contributed by atoms with Crippen molar-refractivity contribution in [2.24, 2.45) is 5.92 Å². The summed E-state index contributed by atoms with van der Waals surface area (Å²) in [7, 11) is 2.04. The van der Waals surface area contributed by atoms with Gasteiger partial charge in [-0.3, -0.25) is 0 Å². The van der Waals surface area contributed by atoms with Crippen LogP contribution in [0.4, 0.5) is 0 Å². The van der Waals surface area contributed by atoms with E-state index in [4.69, 9.17) is 0 Å². The fourth-order valence-corrected chi connectivity index (χ4v) is 1.30. The topological polar surface area (TPSA) is 12.0 Å². The Balaban J connectivity index is 3.60. The van der Waals surface area contributed by atoms with Crippen LogP contribution in [0.1, 0.15) is 40.0 Å². The molecule has 0 rings (SSSR count). The molecular formula is C11H23N. The highest BCUT2D eigenvalue weighted by Gasteiger charge is 2.06. The molecular weight excluding hydrogens is 146 g/mol. The Labute approximate surface area is 77.2 Å². The van der Waals surface area contributed by atoms with Gasteiger partial charge in [-0.05, 0) is 39.2 Å². The molecule has 12 heavy (non-hydrogen) atoms. The van der Waals surface area contributed by atoms with Crippen LogP contribution in [-0.2, 0) is 0 Å². The lowest BCUT2D eigenvalue weighted by molar-refractivity contribution is 0.450. The van der Waals surface area contributed by atoms with E-state index in [9.17, 15) is 0 Å². The monoisotopic (exact) mass is 169 g/mol. The van der Waals surface area contributed by atoms with Crippen molar-refractivity contribution in [2.75, 3.05) is 7.05 Å². The first-order chi connectivity index (χ1) is 5.56. The molecule has 0 aromatic heterocycles. The highest BCUT2D eigenvalue weighted by atomic mass is 14.9. The first-order valence-electron chi connectivity index (χ1n) is 4.88. The summed E-state index contributed by atoms with van der Waals surface area (Å²) >= 11 is 0. The first kappa shape index (κ1) is 11.7. The van der Waals surface area contributed by atoms with Crippen molar-refractivity contribution < 1.29 is 0 Å². The second-order valence-electron chi connectivity index (χ2n) is 4.12. The molecule has 0 amide bonds. The van der Waals surface area contributed by atoms with E-state index in [1.54, 1.807) is 0 Å². The summed E-state index contributed by atoms with van der Waals surface area (Å²) in [5, 5.41) is 3.33. The highest BCUT2D eigenvalue weighted by Crippen LogP contribution is 2.11. The summed E-state index contributed by atoms with van der Waals surface area (Å²) in [5.74, 6) is 0.811. The second kappa shape index (κ2) is 6.24. The molecule has 1 nitrogen and oxygen atoms in total. The van der Waals surface area contributed by atoms with Crippen LogP contribution in [0.5, 0.6) is 0 Å². The average molecular weight is 169 g/mol. The lowest BCUT2D eigenvalue weighted by Crippen LogP contribution is -2.25. The van der Waals surface area contributed by atoms with Gasteiger partial charge in [-0.25, -0.2) is 0 Å². The van der Waals surface area contributed by atoms with Crippen molar-refractivity contribution in [3.05, 3.63) is 12.2 Å². The minimum atomic E-state index is 0.630. The predicted octanol–water partition coefficient (Wildman–Crippen LogP) is 2.98. The van der Waals surface area contributed by atoms with Crippen LogP contribution >= 0.6 is 0 Å². The molecule has 0 saturated carbocycles. The molecule has 1 heteroatoms. The van der Waals surface area contributed by atoms with Gasteiger partial charge < -0.3 is 5.32 Å². The van der Waals surface area contributed by atoms with Gasteiger partial charge in [-0.2, -0.15) is 0 Å². The molecule has 1 N–H and O–H groups in total. The normalized spacial score (nSPS) is 13.4. The quantitative estimate of drug-likeness (QED) is 0.603. The van der Waals surface area contributed by atoms with Gasteiger partial charge in [0.2, 0.25) is 0 Å². The van der Waals surface area contributed by atoms with Crippen molar-refractivity contribution in [3.8, 4) is 0 Å². The molecule has 0 fully saturated rings. The molecule has 72 valence electrons. The van der Waals surface area contributed by atoms with Crippen LogP contribution in [0.2, 0.25) is 0 Å². The fourth-order valence-electron chi connectivity index (χ4n) is 1.30. The van der Waals surface area contributed by atoms with Gasteiger partial charge in [0.05, 0.1) is 0 Å². The number of nitrogens with one attached hydrogen (secondary N) is 1. The Morgan fingerprint density at radius 3 is 2.25 bits per heavy atom. The van der Waals surface area contributed by atoms with E-state index < -0.39 is 0 Å². The van der Waals surface area contributed by atoms with E-state index in [0.29, 0.717) is 6.04 Å².